The van der Waals surface area contributed by atoms with E-state index in [1.807, 2.05) is 24.3 Å². The van der Waals surface area contributed by atoms with Gasteiger partial charge in [-0.25, -0.2) is 4.79 Å². The highest BCUT2D eigenvalue weighted by molar-refractivity contribution is 5.93. The van der Waals surface area contributed by atoms with Crippen LogP contribution in [0.2, 0.25) is 0 Å². The van der Waals surface area contributed by atoms with Gasteiger partial charge in [-0.2, -0.15) is 0 Å². The highest BCUT2D eigenvalue weighted by atomic mass is 16.5. The van der Waals surface area contributed by atoms with E-state index in [2.05, 4.69) is 5.32 Å². The molecule has 0 aliphatic rings. The van der Waals surface area contributed by atoms with Crippen LogP contribution in [0.15, 0.2) is 34.9 Å². The molecule has 1 aromatic heterocycles. The lowest BCUT2D eigenvalue weighted by molar-refractivity contribution is -0.147. The van der Waals surface area contributed by atoms with Crippen LogP contribution in [0.5, 0.6) is 0 Å². The zero-order valence-corrected chi connectivity index (χ0v) is 10.8. The van der Waals surface area contributed by atoms with Gasteiger partial charge in [0.1, 0.15) is 17.4 Å². The minimum absolute atomic E-state index is 0.282. The standard InChI is InChI=1S/C14H17NO3/c1-4-17-13(16)14(2,3)15-11-9-18-12-8-6-5-7-10(11)12/h5-9,15H,4H2,1-3H3. The molecule has 0 saturated carbocycles. The second-order valence-electron chi connectivity index (χ2n) is 4.62. The molecule has 96 valence electrons. The van der Waals surface area contributed by atoms with Gasteiger partial charge >= 0.3 is 5.97 Å². The fraction of sp³-hybridized carbons (Fsp3) is 0.357. The molecule has 0 aliphatic carbocycles. The van der Waals surface area contributed by atoms with E-state index in [1.54, 1.807) is 27.0 Å². The number of rotatable bonds is 4. The molecule has 1 heterocycles. The van der Waals surface area contributed by atoms with E-state index in [9.17, 15) is 4.79 Å². The third-order valence-corrected chi connectivity index (χ3v) is 2.71. The molecule has 0 fully saturated rings. The number of hydrogen-bond donors (Lipinski definition) is 1. The van der Waals surface area contributed by atoms with Gasteiger partial charge in [0.05, 0.1) is 12.3 Å². The second kappa shape index (κ2) is 4.72. The van der Waals surface area contributed by atoms with Crippen molar-refractivity contribution in [1.82, 2.24) is 0 Å². The Balaban J connectivity index is 2.25. The zero-order valence-electron chi connectivity index (χ0n) is 10.8. The van der Waals surface area contributed by atoms with Gasteiger partial charge in [-0.3, -0.25) is 0 Å². The lowest BCUT2D eigenvalue weighted by Crippen LogP contribution is -2.41. The molecule has 0 spiro atoms. The van der Waals surface area contributed by atoms with E-state index in [0.717, 1.165) is 16.7 Å². The van der Waals surface area contributed by atoms with Gasteiger partial charge in [0.2, 0.25) is 0 Å². The van der Waals surface area contributed by atoms with Crippen molar-refractivity contribution < 1.29 is 13.9 Å². The second-order valence-corrected chi connectivity index (χ2v) is 4.62. The van der Waals surface area contributed by atoms with Crippen LogP contribution in [0, 0.1) is 0 Å². The van der Waals surface area contributed by atoms with E-state index in [-0.39, 0.29) is 5.97 Å². The molecule has 1 N–H and O–H groups in total. The molecular weight excluding hydrogens is 230 g/mol. The SMILES string of the molecule is CCOC(=O)C(C)(C)Nc1coc2ccccc12. The van der Waals surface area contributed by atoms with Crippen LogP contribution in [0.3, 0.4) is 0 Å². The maximum atomic E-state index is 11.8. The first kappa shape index (κ1) is 12.5. The third-order valence-electron chi connectivity index (χ3n) is 2.71. The van der Waals surface area contributed by atoms with Crippen LogP contribution in [0.1, 0.15) is 20.8 Å². The van der Waals surface area contributed by atoms with Crippen LogP contribution in [0.4, 0.5) is 5.69 Å². The van der Waals surface area contributed by atoms with Crippen molar-refractivity contribution in [2.24, 2.45) is 0 Å². The summed E-state index contributed by atoms with van der Waals surface area (Å²) < 4.78 is 10.5. The average molecular weight is 247 g/mol. The van der Waals surface area contributed by atoms with Crippen LogP contribution < -0.4 is 5.32 Å². The number of furan rings is 1. The molecule has 1 aromatic carbocycles. The van der Waals surface area contributed by atoms with E-state index in [1.165, 1.54) is 0 Å². The monoisotopic (exact) mass is 247 g/mol. The van der Waals surface area contributed by atoms with Crippen LogP contribution in [0.25, 0.3) is 11.0 Å². The average Bonchev–Trinajstić information content (AvgIpc) is 2.73. The summed E-state index contributed by atoms with van der Waals surface area (Å²) in [5.74, 6) is -0.282. The van der Waals surface area contributed by atoms with Crippen LogP contribution in [-0.2, 0) is 9.53 Å². The molecule has 0 amide bonds. The number of fused-ring (bicyclic) bond motifs is 1. The molecule has 4 heteroatoms. The van der Waals surface area contributed by atoms with Crippen molar-refractivity contribution in [3.63, 3.8) is 0 Å². The van der Waals surface area contributed by atoms with E-state index in [4.69, 9.17) is 9.15 Å². The Hall–Kier alpha value is -1.97. The maximum absolute atomic E-state index is 11.8. The molecule has 0 atom stereocenters. The molecule has 2 aromatic rings. The lowest BCUT2D eigenvalue weighted by atomic mass is 10.1. The summed E-state index contributed by atoms with van der Waals surface area (Å²) in [7, 11) is 0. The Kier molecular flexibility index (Phi) is 3.28. The molecule has 0 aliphatic heterocycles. The predicted octanol–water partition coefficient (Wildman–Crippen LogP) is 3.19. The van der Waals surface area contributed by atoms with Gasteiger partial charge in [0.15, 0.2) is 0 Å². The van der Waals surface area contributed by atoms with E-state index in [0.29, 0.717) is 6.61 Å². The van der Waals surface area contributed by atoms with E-state index < -0.39 is 5.54 Å². The largest absolute Gasteiger partial charge is 0.464 e. The summed E-state index contributed by atoms with van der Waals surface area (Å²) in [6.45, 7) is 5.73. The van der Waals surface area contributed by atoms with Crippen molar-refractivity contribution in [2.75, 3.05) is 11.9 Å². The minimum Gasteiger partial charge on any atom is -0.464 e. The number of hydrogen-bond acceptors (Lipinski definition) is 4. The van der Waals surface area contributed by atoms with Gasteiger partial charge < -0.3 is 14.5 Å². The van der Waals surface area contributed by atoms with Gasteiger partial charge in [-0.05, 0) is 32.9 Å². The third kappa shape index (κ3) is 2.32. The first-order valence-corrected chi connectivity index (χ1v) is 5.96. The number of benzene rings is 1. The molecule has 0 unspecified atom stereocenters. The number of para-hydroxylation sites is 1. The highest BCUT2D eigenvalue weighted by Gasteiger charge is 2.29. The summed E-state index contributed by atoms with van der Waals surface area (Å²) in [5, 5.41) is 4.11. The number of carbonyl (C=O) groups excluding carboxylic acids is 1. The maximum Gasteiger partial charge on any atom is 0.331 e. The van der Waals surface area contributed by atoms with Gasteiger partial charge in [0, 0.05) is 5.39 Å². The molecule has 0 saturated heterocycles. The Bertz CT molecular complexity index is 557. The number of carbonyl (C=O) groups is 1. The number of esters is 1. The van der Waals surface area contributed by atoms with Gasteiger partial charge in [0.25, 0.3) is 0 Å². The fourth-order valence-electron chi connectivity index (χ4n) is 1.77. The Labute approximate surface area is 106 Å². The molecule has 2 rings (SSSR count). The fourth-order valence-corrected chi connectivity index (χ4v) is 1.77. The summed E-state index contributed by atoms with van der Waals surface area (Å²) in [6.07, 6.45) is 1.62. The lowest BCUT2D eigenvalue weighted by Gasteiger charge is -2.24. The van der Waals surface area contributed by atoms with Crippen molar-refractivity contribution in [1.29, 1.82) is 0 Å². The molecule has 0 radical (unpaired) electrons. The van der Waals surface area contributed by atoms with E-state index >= 15 is 0 Å². The summed E-state index contributed by atoms with van der Waals surface area (Å²) in [4.78, 5) is 11.8. The van der Waals surface area contributed by atoms with Crippen molar-refractivity contribution in [2.45, 2.75) is 26.3 Å². The number of nitrogens with one attached hydrogen (secondary N) is 1. The van der Waals surface area contributed by atoms with Crippen LogP contribution in [-0.4, -0.2) is 18.1 Å². The normalized spacial score (nSPS) is 11.5. The quantitative estimate of drug-likeness (QED) is 0.843. The summed E-state index contributed by atoms with van der Waals surface area (Å²) >= 11 is 0. The first-order chi connectivity index (χ1) is 8.54. The van der Waals surface area contributed by atoms with Gasteiger partial charge in [-0.1, -0.05) is 12.1 Å². The molecule has 4 nitrogen and oxygen atoms in total. The van der Waals surface area contributed by atoms with Crippen molar-refractivity contribution in [3.05, 3.63) is 30.5 Å². The highest BCUT2D eigenvalue weighted by Crippen LogP contribution is 2.28. The Morgan fingerprint density at radius 3 is 2.83 bits per heavy atom. The summed E-state index contributed by atoms with van der Waals surface area (Å²) in [6, 6.07) is 7.67. The Morgan fingerprint density at radius 2 is 2.11 bits per heavy atom. The topological polar surface area (TPSA) is 51.5 Å². The minimum atomic E-state index is -0.789. The Morgan fingerprint density at radius 1 is 1.39 bits per heavy atom. The van der Waals surface area contributed by atoms with Crippen molar-refractivity contribution >= 4 is 22.6 Å². The number of ether oxygens (including phenoxy) is 1. The molecule has 18 heavy (non-hydrogen) atoms. The van der Waals surface area contributed by atoms with Crippen molar-refractivity contribution in [3.8, 4) is 0 Å². The van der Waals surface area contributed by atoms with Crippen LogP contribution >= 0.6 is 0 Å². The molecule has 0 bridgehead atoms. The number of anilines is 1. The predicted molar refractivity (Wildman–Crippen MR) is 70.5 cm³/mol. The smallest absolute Gasteiger partial charge is 0.331 e. The first-order valence-electron chi connectivity index (χ1n) is 5.96. The zero-order chi connectivity index (χ0) is 13.2. The van der Waals surface area contributed by atoms with Gasteiger partial charge in [-0.15, -0.1) is 0 Å². The summed E-state index contributed by atoms with van der Waals surface area (Å²) in [5.41, 5.74) is 0.797. The molecular formula is C14H17NO3.